The van der Waals surface area contributed by atoms with E-state index in [1.807, 2.05) is 6.07 Å². The van der Waals surface area contributed by atoms with Gasteiger partial charge < -0.3 is 15.2 Å². The Bertz CT molecular complexity index is 347. The van der Waals surface area contributed by atoms with Crippen molar-refractivity contribution in [1.82, 2.24) is 5.32 Å². The third-order valence-corrected chi connectivity index (χ3v) is 3.72. The predicted molar refractivity (Wildman–Crippen MR) is 77.0 cm³/mol. The summed E-state index contributed by atoms with van der Waals surface area (Å²) < 4.78 is 5.58. The molecular weight excluding hydrogens is 238 g/mol. The molecule has 0 unspecified atom stereocenters. The molecule has 1 aromatic rings. The van der Waals surface area contributed by atoms with Gasteiger partial charge in [-0.15, -0.1) is 0 Å². The van der Waals surface area contributed by atoms with Crippen molar-refractivity contribution in [1.29, 1.82) is 0 Å². The molecule has 0 amide bonds. The molecule has 0 radical (unpaired) electrons. The Labute approximate surface area is 116 Å². The lowest BCUT2D eigenvalue weighted by molar-refractivity contribution is -0.0416. The Morgan fingerprint density at radius 3 is 2.63 bits per heavy atom. The molecule has 0 aliphatic heterocycles. The number of hydrogen-bond donors (Lipinski definition) is 2. The van der Waals surface area contributed by atoms with Crippen LogP contribution in [0.3, 0.4) is 0 Å². The second-order valence-electron chi connectivity index (χ2n) is 5.50. The zero-order valence-electron chi connectivity index (χ0n) is 11.6. The lowest BCUT2D eigenvalue weighted by Crippen LogP contribution is -2.31. The summed E-state index contributed by atoms with van der Waals surface area (Å²) in [6.07, 6.45) is 5.07. The zero-order chi connectivity index (χ0) is 13.4. The van der Waals surface area contributed by atoms with E-state index < -0.39 is 5.60 Å². The summed E-state index contributed by atoms with van der Waals surface area (Å²) >= 11 is 0. The van der Waals surface area contributed by atoms with E-state index in [9.17, 15) is 5.11 Å². The molecule has 3 heteroatoms. The molecule has 0 saturated heterocycles. The first kappa shape index (κ1) is 14.5. The fourth-order valence-electron chi connectivity index (χ4n) is 2.57. The highest BCUT2D eigenvalue weighted by Crippen LogP contribution is 2.29. The van der Waals surface area contributed by atoms with Crippen LogP contribution >= 0.6 is 0 Å². The van der Waals surface area contributed by atoms with Crippen molar-refractivity contribution in [3.05, 3.63) is 35.9 Å². The highest BCUT2D eigenvalue weighted by molar-refractivity contribution is 5.14. The highest BCUT2D eigenvalue weighted by atomic mass is 16.5. The SMILES string of the molecule is OC1(COCCCNCc2ccccc2)CCCC1. The van der Waals surface area contributed by atoms with Crippen LogP contribution < -0.4 is 5.32 Å². The molecule has 3 nitrogen and oxygen atoms in total. The number of benzene rings is 1. The quantitative estimate of drug-likeness (QED) is 0.708. The van der Waals surface area contributed by atoms with Crippen molar-refractivity contribution < 1.29 is 9.84 Å². The minimum atomic E-state index is -0.530. The van der Waals surface area contributed by atoms with Crippen molar-refractivity contribution in [2.75, 3.05) is 19.8 Å². The van der Waals surface area contributed by atoms with E-state index in [0.717, 1.165) is 51.8 Å². The molecular formula is C16H25NO2. The minimum absolute atomic E-state index is 0.506. The summed E-state index contributed by atoms with van der Waals surface area (Å²) in [7, 11) is 0. The lowest BCUT2D eigenvalue weighted by Gasteiger charge is -2.21. The van der Waals surface area contributed by atoms with Gasteiger partial charge in [0.05, 0.1) is 12.2 Å². The molecule has 1 saturated carbocycles. The van der Waals surface area contributed by atoms with Crippen molar-refractivity contribution in [2.24, 2.45) is 0 Å². The van der Waals surface area contributed by atoms with Crippen molar-refractivity contribution in [3.8, 4) is 0 Å². The Hall–Kier alpha value is -0.900. The van der Waals surface area contributed by atoms with Gasteiger partial charge in [0.25, 0.3) is 0 Å². The van der Waals surface area contributed by atoms with E-state index in [1.165, 1.54) is 5.56 Å². The lowest BCUT2D eigenvalue weighted by atomic mass is 10.0. The van der Waals surface area contributed by atoms with Crippen molar-refractivity contribution >= 4 is 0 Å². The molecule has 2 rings (SSSR count). The molecule has 0 bridgehead atoms. The number of hydrogen-bond acceptors (Lipinski definition) is 3. The predicted octanol–water partition coefficient (Wildman–Crippen LogP) is 2.49. The van der Waals surface area contributed by atoms with Crippen LogP contribution in [-0.4, -0.2) is 30.5 Å². The number of rotatable bonds is 8. The third kappa shape index (κ3) is 5.31. The van der Waals surface area contributed by atoms with Crippen LogP contribution in [0, 0.1) is 0 Å². The molecule has 1 aliphatic rings. The molecule has 0 aromatic heterocycles. The van der Waals surface area contributed by atoms with Crippen LogP contribution in [0.25, 0.3) is 0 Å². The molecule has 19 heavy (non-hydrogen) atoms. The summed E-state index contributed by atoms with van der Waals surface area (Å²) in [4.78, 5) is 0. The first-order valence-corrected chi connectivity index (χ1v) is 7.33. The monoisotopic (exact) mass is 263 g/mol. The summed E-state index contributed by atoms with van der Waals surface area (Å²) in [6.45, 7) is 3.09. The number of ether oxygens (including phenoxy) is 1. The van der Waals surface area contributed by atoms with Crippen LogP contribution in [-0.2, 0) is 11.3 Å². The molecule has 1 fully saturated rings. The Balaban J connectivity index is 1.46. The average Bonchev–Trinajstić information content (AvgIpc) is 2.86. The molecule has 0 heterocycles. The van der Waals surface area contributed by atoms with Gasteiger partial charge in [0.2, 0.25) is 0 Å². The van der Waals surface area contributed by atoms with Gasteiger partial charge in [0, 0.05) is 13.2 Å². The van der Waals surface area contributed by atoms with Crippen LogP contribution in [0.15, 0.2) is 30.3 Å². The van der Waals surface area contributed by atoms with Crippen LogP contribution in [0.4, 0.5) is 0 Å². The van der Waals surface area contributed by atoms with Crippen molar-refractivity contribution in [2.45, 2.75) is 44.2 Å². The minimum Gasteiger partial charge on any atom is -0.387 e. The van der Waals surface area contributed by atoms with E-state index in [1.54, 1.807) is 0 Å². The fraction of sp³-hybridized carbons (Fsp3) is 0.625. The van der Waals surface area contributed by atoms with Gasteiger partial charge in [-0.25, -0.2) is 0 Å². The van der Waals surface area contributed by atoms with Gasteiger partial charge in [0.1, 0.15) is 0 Å². The first-order chi connectivity index (χ1) is 9.29. The molecule has 1 aliphatic carbocycles. The van der Waals surface area contributed by atoms with E-state index >= 15 is 0 Å². The van der Waals surface area contributed by atoms with E-state index in [2.05, 4.69) is 29.6 Å². The van der Waals surface area contributed by atoms with Gasteiger partial charge in [-0.2, -0.15) is 0 Å². The standard InChI is InChI=1S/C16H25NO2/c18-16(9-4-5-10-16)14-19-12-6-11-17-13-15-7-2-1-3-8-15/h1-3,7-8,17-18H,4-6,9-14H2. The van der Waals surface area contributed by atoms with Gasteiger partial charge >= 0.3 is 0 Å². The Kier molecular flexibility index (Phi) is 5.83. The van der Waals surface area contributed by atoms with Gasteiger partial charge in [-0.3, -0.25) is 0 Å². The third-order valence-electron chi connectivity index (χ3n) is 3.72. The summed E-state index contributed by atoms with van der Waals surface area (Å²) in [6, 6.07) is 10.4. The number of aliphatic hydroxyl groups is 1. The van der Waals surface area contributed by atoms with E-state index in [4.69, 9.17) is 4.74 Å². The second-order valence-corrected chi connectivity index (χ2v) is 5.50. The summed E-state index contributed by atoms with van der Waals surface area (Å²) in [5, 5.41) is 13.5. The summed E-state index contributed by atoms with van der Waals surface area (Å²) in [5.41, 5.74) is 0.779. The Morgan fingerprint density at radius 1 is 1.16 bits per heavy atom. The Morgan fingerprint density at radius 2 is 1.89 bits per heavy atom. The van der Waals surface area contributed by atoms with Gasteiger partial charge in [-0.05, 0) is 31.4 Å². The summed E-state index contributed by atoms with van der Waals surface area (Å²) in [5.74, 6) is 0. The smallest absolute Gasteiger partial charge is 0.0880 e. The number of nitrogens with one attached hydrogen (secondary N) is 1. The maximum Gasteiger partial charge on any atom is 0.0880 e. The molecule has 0 spiro atoms. The zero-order valence-corrected chi connectivity index (χ0v) is 11.6. The van der Waals surface area contributed by atoms with E-state index in [0.29, 0.717) is 6.61 Å². The van der Waals surface area contributed by atoms with Crippen LogP contribution in [0.5, 0.6) is 0 Å². The highest BCUT2D eigenvalue weighted by Gasteiger charge is 2.30. The maximum absolute atomic E-state index is 10.1. The van der Waals surface area contributed by atoms with Crippen LogP contribution in [0.1, 0.15) is 37.7 Å². The largest absolute Gasteiger partial charge is 0.387 e. The normalized spacial score (nSPS) is 17.7. The topological polar surface area (TPSA) is 41.5 Å². The molecule has 2 N–H and O–H groups in total. The first-order valence-electron chi connectivity index (χ1n) is 7.33. The second kappa shape index (κ2) is 7.63. The molecule has 0 atom stereocenters. The average molecular weight is 263 g/mol. The van der Waals surface area contributed by atoms with Crippen LogP contribution in [0.2, 0.25) is 0 Å². The van der Waals surface area contributed by atoms with Crippen molar-refractivity contribution in [3.63, 3.8) is 0 Å². The fourth-order valence-corrected chi connectivity index (χ4v) is 2.57. The van der Waals surface area contributed by atoms with E-state index in [-0.39, 0.29) is 0 Å². The molecule has 106 valence electrons. The maximum atomic E-state index is 10.1. The molecule has 1 aromatic carbocycles. The van der Waals surface area contributed by atoms with Gasteiger partial charge in [-0.1, -0.05) is 43.2 Å². The van der Waals surface area contributed by atoms with Gasteiger partial charge in [0.15, 0.2) is 0 Å².